The molecule has 1 amide bonds. The largest absolute Gasteiger partial charge is 0.381 e. The minimum Gasteiger partial charge on any atom is -0.381 e. The van der Waals surface area contributed by atoms with E-state index in [0.29, 0.717) is 18.2 Å². The lowest BCUT2D eigenvalue weighted by Gasteiger charge is -2.07. The fourth-order valence-corrected chi connectivity index (χ4v) is 1.54. The van der Waals surface area contributed by atoms with E-state index in [2.05, 4.69) is 10.5 Å². The zero-order chi connectivity index (χ0) is 10.7. The van der Waals surface area contributed by atoms with Crippen LogP contribution < -0.4 is 5.32 Å². The van der Waals surface area contributed by atoms with Crippen LogP contribution in [-0.2, 0) is 4.74 Å². The van der Waals surface area contributed by atoms with Gasteiger partial charge in [-0.3, -0.25) is 4.79 Å². The van der Waals surface area contributed by atoms with E-state index in [4.69, 9.17) is 9.26 Å². The smallest absolute Gasteiger partial charge is 0.289 e. The summed E-state index contributed by atoms with van der Waals surface area (Å²) in [6.45, 7) is 3.95. The number of aromatic nitrogens is 1. The molecule has 0 saturated carbocycles. The second-order valence-corrected chi connectivity index (χ2v) is 3.77. The fourth-order valence-electron chi connectivity index (χ4n) is 1.54. The molecule has 1 saturated heterocycles. The quantitative estimate of drug-likeness (QED) is 0.799. The summed E-state index contributed by atoms with van der Waals surface area (Å²) >= 11 is 0. The highest BCUT2D eigenvalue weighted by Crippen LogP contribution is 2.11. The molecule has 1 atom stereocenters. The van der Waals surface area contributed by atoms with Crippen LogP contribution in [0.3, 0.4) is 0 Å². The summed E-state index contributed by atoms with van der Waals surface area (Å²) in [4.78, 5) is 11.5. The summed E-state index contributed by atoms with van der Waals surface area (Å²) < 4.78 is 10.1. The van der Waals surface area contributed by atoms with Gasteiger partial charge < -0.3 is 14.6 Å². The third-order valence-corrected chi connectivity index (χ3v) is 2.43. The molecular weight excluding hydrogens is 196 g/mol. The van der Waals surface area contributed by atoms with Crippen molar-refractivity contribution in [1.29, 1.82) is 0 Å². The molecule has 0 aromatic carbocycles. The molecule has 2 heterocycles. The molecule has 1 N–H and O–H groups in total. The molecule has 1 aliphatic heterocycles. The minimum absolute atomic E-state index is 0.206. The van der Waals surface area contributed by atoms with Gasteiger partial charge in [-0.15, -0.1) is 0 Å². The van der Waals surface area contributed by atoms with Gasteiger partial charge in [0, 0.05) is 25.1 Å². The van der Waals surface area contributed by atoms with Crippen molar-refractivity contribution in [2.75, 3.05) is 19.8 Å². The van der Waals surface area contributed by atoms with Crippen molar-refractivity contribution in [1.82, 2.24) is 10.5 Å². The summed E-state index contributed by atoms with van der Waals surface area (Å²) in [7, 11) is 0. The topological polar surface area (TPSA) is 64.4 Å². The Labute approximate surface area is 87.8 Å². The molecule has 1 aliphatic rings. The Morgan fingerprint density at radius 1 is 1.73 bits per heavy atom. The maximum Gasteiger partial charge on any atom is 0.289 e. The van der Waals surface area contributed by atoms with E-state index in [1.807, 2.05) is 0 Å². The van der Waals surface area contributed by atoms with Gasteiger partial charge >= 0.3 is 0 Å². The van der Waals surface area contributed by atoms with Crippen LogP contribution in [0.1, 0.15) is 22.7 Å². The molecule has 0 spiro atoms. The van der Waals surface area contributed by atoms with Crippen LogP contribution in [0.2, 0.25) is 0 Å². The lowest BCUT2D eigenvalue weighted by Crippen LogP contribution is -2.29. The Kier molecular flexibility index (Phi) is 3.01. The van der Waals surface area contributed by atoms with Crippen LogP contribution >= 0.6 is 0 Å². The summed E-state index contributed by atoms with van der Waals surface area (Å²) in [5.74, 6) is 0.492. The number of amides is 1. The van der Waals surface area contributed by atoms with Gasteiger partial charge in [0.1, 0.15) is 0 Å². The number of rotatable bonds is 3. The SMILES string of the molecule is Cc1cc(C(=O)NCC2CCOC2)on1. The van der Waals surface area contributed by atoms with Gasteiger partial charge in [-0.1, -0.05) is 5.16 Å². The zero-order valence-corrected chi connectivity index (χ0v) is 8.66. The molecule has 5 heteroatoms. The van der Waals surface area contributed by atoms with Crippen molar-refractivity contribution in [3.63, 3.8) is 0 Å². The highest BCUT2D eigenvalue weighted by molar-refractivity contribution is 5.91. The van der Waals surface area contributed by atoms with Gasteiger partial charge in [0.25, 0.3) is 5.91 Å². The average Bonchev–Trinajstić information content (AvgIpc) is 2.84. The fraction of sp³-hybridized carbons (Fsp3) is 0.600. The van der Waals surface area contributed by atoms with E-state index in [1.165, 1.54) is 0 Å². The van der Waals surface area contributed by atoms with E-state index in [-0.39, 0.29) is 11.7 Å². The molecule has 82 valence electrons. The van der Waals surface area contributed by atoms with Crippen LogP contribution in [-0.4, -0.2) is 30.8 Å². The molecule has 1 aromatic rings. The Bertz CT molecular complexity index is 342. The van der Waals surface area contributed by atoms with Crippen molar-refractivity contribution in [2.45, 2.75) is 13.3 Å². The van der Waals surface area contributed by atoms with E-state index < -0.39 is 0 Å². The monoisotopic (exact) mass is 210 g/mol. The van der Waals surface area contributed by atoms with E-state index in [0.717, 1.165) is 19.6 Å². The Morgan fingerprint density at radius 3 is 3.20 bits per heavy atom. The molecule has 0 radical (unpaired) electrons. The third kappa shape index (κ3) is 2.56. The molecule has 1 fully saturated rings. The van der Waals surface area contributed by atoms with Crippen LogP contribution in [0.5, 0.6) is 0 Å². The molecule has 0 bridgehead atoms. The van der Waals surface area contributed by atoms with Crippen molar-refractivity contribution in [3.8, 4) is 0 Å². The highest BCUT2D eigenvalue weighted by Gasteiger charge is 2.18. The minimum atomic E-state index is -0.206. The maximum absolute atomic E-state index is 11.5. The first-order chi connectivity index (χ1) is 7.25. The zero-order valence-electron chi connectivity index (χ0n) is 8.66. The molecule has 5 nitrogen and oxygen atoms in total. The van der Waals surface area contributed by atoms with Crippen LogP contribution in [0.15, 0.2) is 10.6 Å². The number of hydrogen-bond acceptors (Lipinski definition) is 4. The van der Waals surface area contributed by atoms with Crippen molar-refractivity contribution >= 4 is 5.91 Å². The van der Waals surface area contributed by atoms with E-state index >= 15 is 0 Å². The molecule has 1 aromatic heterocycles. The van der Waals surface area contributed by atoms with Gasteiger partial charge in [-0.25, -0.2) is 0 Å². The average molecular weight is 210 g/mol. The number of nitrogens with one attached hydrogen (secondary N) is 1. The normalized spacial score (nSPS) is 20.5. The second-order valence-electron chi connectivity index (χ2n) is 3.77. The van der Waals surface area contributed by atoms with Crippen LogP contribution in [0, 0.1) is 12.8 Å². The van der Waals surface area contributed by atoms with Gasteiger partial charge in [0.2, 0.25) is 5.76 Å². The van der Waals surface area contributed by atoms with Crippen LogP contribution in [0.4, 0.5) is 0 Å². The molecule has 0 aliphatic carbocycles. The second kappa shape index (κ2) is 4.44. The first kappa shape index (κ1) is 10.2. The summed E-state index contributed by atoms with van der Waals surface area (Å²) in [6, 6.07) is 1.63. The number of aryl methyl sites for hydroxylation is 1. The summed E-state index contributed by atoms with van der Waals surface area (Å²) in [5.41, 5.74) is 0.712. The van der Waals surface area contributed by atoms with E-state index in [1.54, 1.807) is 13.0 Å². The maximum atomic E-state index is 11.5. The van der Waals surface area contributed by atoms with Crippen LogP contribution in [0.25, 0.3) is 0 Å². The van der Waals surface area contributed by atoms with Crippen molar-refractivity contribution in [3.05, 3.63) is 17.5 Å². The van der Waals surface area contributed by atoms with Crippen molar-refractivity contribution < 1.29 is 14.1 Å². The predicted molar refractivity (Wildman–Crippen MR) is 52.5 cm³/mol. The molecule has 15 heavy (non-hydrogen) atoms. The predicted octanol–water partition coefficient (Wildman–Crippen LogP) is 0.749. The number of hydrogen-bond donors (Lipinski definition) is 1. The third-order valence-electron chi connectivity index (χ3n) is 2.43. The highest BCUT2D eigenvalue weighted by atomic mass is 16.5. The Balaban J connectivity index is 1.81. The lowest BCUT2D eigenvalue weighted by atomic mass is 10.1. The first-order valence-electron chi connectivity index (χ1n) is 5.05. The molecule has 1 unspecified atom stereocenters. The first-order valence-corrected chi connectivity index (χ1v) is 5.05. The molecular formula is C10H14N2O3. The number of carbonyl (C=O) groups excluding carboxylic acids is 1. The summed E-state index contributed by atoms with van der Waals surface area (Å²) in [6.07, 6.45) is 1.01. The Hall–Kier alpha value is -1.36. The number of nitrogens with zero attached hydrogens (tertiary/aromatic N) is 1. The van der Waals surface area contributed by atoms with Gasteiger partial charge in [0.15, 0.2) is 0 Å². The standard InChI is InChI=1S/C10H14N2O3/c1-7-4-9(15-12-7)10(13)11-5-8-2-3-14-6-8/h4,8H,2-3,5-6H2,1H3,(H,11,13). The molecule has 2 rings (SSSR count). The van der Waals surface area contributed by atoms with Gasteiger partial charge in [-0.05, 0) is 13.3 Å². The van der Waals surface area contributed by atoms with Crippen molar-refractivity contribution in [2.24, 2.45) is 5.92 Å². The van der Waals surface area contributed by atoms with Gasteiger partial charge in [0.05, 0.1) is 12.3 Å². The van der Waals surface area contributed by atoms with Gasteiger partial charge in [-0.2, -0.15) is 0 Å². The lowest BCUT2D eigenvalue weighted by molar-refractivity contribution is 0.0908. The Morgan fingerprint density at radius 2 is 2.60 bits per heavy atom. The van der Waals surface area contributed by atoms with E-state index in [9.17, 15) is 4.79 Å². The number of ether oxygens (including phenoxy) is 1. The summed E-state index contributed by atoms with van der Waals surface area (Å²) in [5, 5.41) is 6.46. The number of carbonyl (C=O) groups is 1.